The van der Waals surface area contributed by atoms with Crippen LogP contribution < -0.4 is 0 Å². The van der Waals surface area contributed by atoms with Crippen LogP contribution in [0.3, 0.4) is 0 Å². The molecule has 0 heterocycles. The Bertz CT molecular complexity index is 791. The zero-order valence-electron chi connectivity index (χ0n) is 10.8. The van der Waals surface area contributed by atoms with Crippen LogP contribution in [-0.2, 0) is 13.6 Å². The van der Waals surface area contributed by atoms with E-state index < -0.39 is 19.6 Å². The van der Waals surface area contributed by atoms with Crippen LogP contribution in [0.15, 0.2) is 58.3 Å². The van der Waals surface area contributed by atoms with Crippen molar-refractivity contribution in [2.75, 3.05) is 0 Å². The van der Waals surface area contributed by atoms with Crippen LogP contribution in [0.2, 0.25) is 0 Å². The summed E-state index contributed by atoms with van der Waals surface area (Å²) in [7, 11) is -3.77. The molecule has 1 N–H and O–H groups in total. The number of carboxylic acids is 1. The molecule has 0 amide bonds. The lowest BCUT2D eigenvalue weighted by molar-refractivity contribution is 0.0697. The van der Waals surface area contributed by atoms with Gasteiger partial charge in [0.2, 0.25) is 13.6 Å². The molecule has 2 rings (SSSR count). The van der Waals surface area contributed by atoms with Crippen molar-refractivity contribution in [3.05, 3.63) is 59.7 Å². The molecule has 0 radical (unpaired) electrons. The van der Waals surface area contributed by atoms with Crippen molar-refractivity contribution in [1.82, 2.24) is 0 Å². The van der Waals surface area contributed by atoms with Crippen LogP contribution in [0, 0.1) is 0 Å². The van der Waals surface area contributed by atoms with Gasteiger partial charge in [0.1, 0.15) is 0 Å². The number of halogens is 3. The maximum Gasteiger partial charge on any atom is 0.335 e. The molecule has 0 aliphatic rings. The van der Waals surface area contributed by atoms with E-state index >= 15 is 0 Å². The van der Waals surface area contributed by atoms with Crippen molar-refractivity contribution < 1.29 is 18.3 Å². The lowest BCUT2D eigenvalue weighted by atomic mass is 10.2. The number of hydrogen-bond acceptors (Lipinski definition) is 3. The quantitative estimate of drug-likeness (QED) is 0.817. The van der Waals surface area contributed by atoms with Gasteiger partial charge in [0.05, 0.1) is 15.4 Å². The Morgan fingerprint density at radius 3 is 1.64 bits per heavy atom. The summed E-state index contributed by atoms with van der Waals surface area (Å²) in [5.41, 5.74) is 0.350. The van der Waals surface area contributed by atoms with Gasteiger partial charge in [-0.05, 0) is 36.4 Å². The van der Waals surface area contributed by atoms with E-state index in [0.717, 1.165) is 0 Å². The highest BCUT2D eigenvalue weighted by Crippen LogP contribution is 2.38. The first-order valence-corrected chi connectivity index (χ1v) is 8.50. The summed E-state index contributed by atoms with van der Waals surface area (Å²) in [4.78, 5) is 10.8. The molecule has 0 atom stereocenters. The molecule has 0 saturated heterocycles. The van der Waals surface area contributed by atoms with Crippen molar-refractivity contribution in [2.24, 2.45) is 0 Å². The van der Waals surface area contributed by atoms with E-state index in [1.165, 1.54) is 48.5 Å². The lowest BCUT2D eigenvalue weighted by Gasteiger charge is -2.12. The summed E-state index contributed by atoms with van der Waals surface area (Å²) in [6.07, 6.45) is 0. The summed E-state index contributed by atoms with van der Waals surface area (Å²) in [5.74, 6) is -1.13. The highest BCUT2D eigenvalue weighted by Gasteiger charge is 2.24. The number of hydrogen-bond donors (Lipinski definition) is 1. The zero-order chi connectivity index (χ0) is 16.5. The van der Waals surface area contributed by atoms with Gasteiger partial charge in [0.15, 0.2) is 0 Å². The smallest absolute Gasteiger partial charge is 0.335 e. The van der Waals surface area contributed by atoms with Crippen LogP contribution in [-0.4, -0.2) is 19.5 Å². The molecule has 2 aromatic carbocycles. The number of carbonyl (C=O) groups is 1. The second-order valence-corrected chi connectivity index (χ2v) is 8.59. The Morgan fingerprint density at radius 1 is 0.864 bits per heavy atom. The van der Waals surface area contributed by atoms with E-state index in [4.69, 9.17) is 39.9 Å². The summed E-state index contributed by atoms with van der Waals surface area (Å²) in [6, 6.07) is 10.4. The monoisotopic (exact) mass is 378 g/mol. The Labute approximate surface area is 142 Å². The minimum Gasteiger partial charge on any atom is -0.478 e. The summed E-state index contributed by atoms with van der Waals surface area (Å²) in [5, 5.41) is 8.82. The van der Waals surface area contributed by atoms with E-state index in [2.05, 4.69) is 0 Å². The number of sulfone groups is 1. The van der Waals surface area contributed by atoms with Crippen molar-refractivity contribution in [2.45, 2.75) is 13.6 Å². The molecular formula is C14H9Cl3O4S. The minimum atomic E-state index is -3.77. The SMILES string of the molecule is O=C(O)c1ccc(S(=O)(=O)c2ccc(C(Cl)(Cl)Cl)cc2)cc1. The molecule has 0 aromatic heterocycles. The van der Waals surface area contributed by atoms with Gasteiger partial charge < -0.3 is 5.11 Å². The molecule has 2 aromatic rings. The van der Waals surface area contributed by atoms with E-state index in [1.54, 1.807) is 0 Å². The molecule has 22 heavy (non-hydrogen) atoms. The maximum absolute atomic E-state index is 12.4. The molecule has 116 valence electrons. The Morgan fingerprint density at radius 2 is 1.27 bits per heavy atom. The fraction of sp³-hybridized carbons (Fsp3) is 0.0714. The summed E-state index contributed by atoms with van der Waals surface area (Å²) >= 11 is 17.1. The molecule has 0 aliphatic heterocycles. The zero-order valence-corrected chi connectivity index (χ0v) is 13.9. The highest BCUT2D eigenvalue weighted by atomic mass is 35.6. The van der Waals surface area contributed by atoms with Gasteiger partial charge in [-0.1, -0.05) is 46.9 Å². The third-order valence-electron chi connectivity index (χ3n) is 2.90. The fourth-order valence-corrected chi connectivity index (χ4v) is 3.37. The number of rotatable bonds is 3. The van der Waals surface area contributed by atoms with Crippen molar-refractivity contribution >= 4 is 50.6 Å². The lowest BCUT2D eigenvalue weighted by Crippen LogP contribution is -2.05. The predicted molar refractivity (Wildman–Crippen MR) is 84.5 cm³/mol. The molecule has 0 fully saturated rings. The van der Waals surface area contributed by atoms with Crippen LogP contribution in [0.25, 0.3) is 0 Å². The number of carboxylic acid groups (broad SMARTS) is 1. The first-order valence-electron chi connectivity index (χ1n) is 5.88. The van der Waals surface area contributed by atoms with E-state index in [-0.39, 0.29) is 15.4 Å². The van der Waals surface area contributed by atoms with Gasteiger partial charge in [-0.3, -0.25) is 0 Å². The Kier molecular flexibility index (Phi) is 4.73. The van der Waals surface area contributed by atoms with Crippen molar-refractivity contribution in [3.8, 4) is 0 Å². The van der Waals surface area contributed by atoms with E-state index in [0.29, 0.717) is 5.56 Å². The fourth-order valence-electron chi connectivity index (χ4n) is 1.74. The molecule has 8 heteroatoms. The first kappa shape index (κ1) is 17.1. The Hall–Kier alpha value is -1.27. The average molecular weight is 380 g/mol. The third-order valence-corrected chi connectivity index (χ3v) is 5.34. The molecule has 0 saturated carbocycles. The Balaban J connectivity index is 2.40. The van der Waals surface area contributed by atoms with Crippen molar-refractivity contribution in [1.29, 1.82) is 0 Å². The standard InChI is InChI=1S/C14H9Cl3O4S/c15-14(16,17)10-3-7-12(8-4-10)22(20,21)11-5-1-9(2-6-11)13(18)19/h1-8H,(H,18,19). The average Bonchev–Trinajstić information content (AvgIpc) is 2.46. The minimum absolute atomic E-state index is 0.00509. The third kappa shape index (κ3) is 3.55. The molecule has 0 aliphatic carbocycles. The van der Waals surface area contributed by atoms with Gasteiger partial charge >= 0.3 is 5.97 Å². The van der Waals surface area contributed by atoms with Gasteiger partial charge in [0.25, 0.3) is 0 Å². The van der Waals surface area contributed by atoms with Crippen LogP contribution in [0.5, 0.6) is 0 Å². The second kappa shape index (κ2) is 6.08. The number of aromatic carboxylic acids is 1. The predicted octanol–water partition coefficient (Wildman–Crippen LogP) is 4.04. The van der Waals surface area contributed by atoms with E-state index in [1.807, 2.05) is 0 Å². The summed E-state index contributed by atoms with van der Waals surface area (Å²) in [6.45, 7) is 0. The van der Waals surface area contributed by atoms with Gasteiger partial charge in [0, 0.05) is 5.56 Å². The second-order valence-electron chi connectivity index (χ2n) is 4.36. The molecule has 0 spiro atoms. The molecule has 4 nitrogen and oxygen atoms in total. The molecule has 0 bridgehead atoms. The number of benzene rings is 2. The first-order chi connectivity index (χ1) is 10.1. The van der Waals surface area contributed by atoms with Gasteiger partial charge in [-0.25, -0.2) is 13.2 Å². The van der Waals surface area contributed by atoms with Crippen molar-refractivity contribution in [3.63, 3.8) is 0 Å². The van der Waals surface area contributed by atoms with Crippen LogP contribution in [0.4, 0.5) is 0 Å². The molecule has 0 unspecified atom stereocenters. The topological polar surface area (TPSA) is 71.4 Å². The van der Waals surface area contributed by atoms with E-state index in [9.17, 15) is 13.2 Å². The van der Waals surface area contributed by atoms with Gasteiger partial charge in [-0.15, -0.1) is 0 Å². The molecular weight excluding hydrogens is 371 g/mol. The van der Waals surface area contributed by atoms with Crippen LogP contribution in [0.1, 0.15) is 15.9 Å². The van der Waals surface area contributed by atoms with Crippen LogP contribution >= 0.6 is 34.8 Å². The highest BCUT2D eigenvalue weighted by molar-refractivity contribution is 7.91. The largest absolute Gasteiger partial charge is 0.478 e. The van der Waals surface area contributed by atoms with Gasteiger partial charge in [-0.2, -0.15) is 0 Å². The number of alkyl halides is 3. The summed E-state index contributed by atoms with van der Waals surface area (Å²) < 4.78 is 23.2. The normalized spacial score (nSPS) is 12.1. The maximum atomic E-state index is 12.4.